The van der Waals surface area contributed by atoms with Crippen LogP contribution in [0.1, 0.15) is 19.8 Å². The molecule has 2 nitrogen and oxygen atoms in total. The van der Waals surface area contributed by atoms with Crippen molar-refractivity contribution >= 4 is 0 Å². The third-order valence-corrected chi connectivity index (χ3v) is 2.87. The molecule has 1 saturated heterocycles. The molecule has 0 unspecified atom stereocenters. The van der Waals surface area contributed by atoms with Crippen LogP contribution in [-0.4, -0.2) is 31.1 Å². The second kappa shape index (κ2) is 3.97. The number of nitrogens with one attached hydrogen (secondary N) is 1. The monoisotopic (exact) mass is 178 g/mol. The number of rotatable bonds is 1. The Balaban J connectivity index is 2.08. The van der Waals surface area contributed by atoms with Crippen LogP contribution >= 0.6 is 0 Å². The topological polar surface area (TPSA) is 15.3 Å². The fourth-order valence-electron chi connectivity index (χ4n) is 2.12. The second-order valence-electron chi connectivity index (χ2n) is 3.81. The van der Waals surface area contributed by atoms with Crippen LogP contribution in [-0.2, 0) is 0 Å². The summed E-state index contributed by atoms with van der Waals surface area (Å²) in [6.07, 6.45) is 7.00. The van der Waals surface area contributed by atoms with Crippen LogP contribution in [0.5, 0.6) is 0 Å². The van der Waals surface area contributed by atoms with E-state index < -0.39 is 0 Å². The van der Waals surface area contributed by atoms with Gasteiger partial charge in [0.25, 0.3) is 0 Å². The zero-order valence-corrected chi connectivity index (χ0v) is 8.34. The molecule has 0 amide bonds. The van der Waals surface area contributed by atoms with Gasteiger partial charge in [0, 0.05) is 31.9 Å². The van der Waals surface area contributed by atoms with E-state index in [4.69, 9.17) is 0 Å². The van der Waals surface area contributed by atoms with Crippen LogP contribution in [0.25, 0.3) is 0 Å². The first-order chi connectivity index (χ1) is 6.38. The van der Waals surface area contributed by atoms with Crippen LogP contribution in [0.3, 0.4) is 0 Å². The Morgan fingerprint density at radius 1 is 1.31 bits per heavy atom. The largest absolute Gasteiger partial charge is 0.372 e. The molecule has 1 heterocycles. The van der Waals surface area contributed by atoms with Gasteiger partial charge in [0.15, 0.2) is 0 Å². The van der Waals surface area contributed by atoms with E-state index in [9.17, 15) is 0 Å². The molecule has 1 N–H and O–H groups in total. The van der Waals surface area contributed by atoms with E-state index in [0.717, 1.165) is 13.1 Å². The molecule has 1 fully saturated rings. The number of allylic oxidation sites excluding steroid dienone is 4. The fourth-order valence-corrected chi connectivity index (χ4v) is 2.12. The molecule has 2 aliphatic rings. The Kier molecular flexibility index (Phi) is 2.69. The molecular weight excluding hydrogens is 160 g/mol. The van der Waals surface area contributed by atoms with Crippen molar-refractivity contribution in [1.82, 2.24) is 10.2 Å². The first-order valence-corrected chi connectivity index (χ1v) is 5.20. The van der Waals surface area contributed by atoms with Gasteiger partial charge in [-0.2, -0.15) is 0 Å². The summed E-state index contributed by atoms with van der Waals surface area (Å²) in [7, 11) is 0. The summed E-state index contributed by atoms with van der Waals surface area (Å²) in [5.74, 6) is 0. The maximum Gasteiger partial charge on any atom is 0.0300 e. The van der Waals surface area contributed by atoms with E-state index in [2.05, 4.69) is 29.3 Å². The van der Waals surface area contributed by atoms with E-state index in [1.807, 2.05) is 0 Å². The normalized spacial score (nSPS) is 23.9. The predicted molar refractivity (Wildman–Crippen MR) is 55.5 cm³/mol. The highest BCUT2D eigenvalue weighted by Crippen LogP contribution is 2.22. The molecule has 2 rings (SSSR count). The maximum atomic E-state index is 3.39. The van der Waals surface area contributed by atoms with E-state index in [1.165, 1.54) is 31.5 Å². The number of hydrogen-bond acceptors (Lipinski definition) is 2. The molecule has 0 atom stereocenters. The Morgan fingerprint density at radius 2 is 2.08 bits per heavy atom. The quantitative estimate of drug-likeness (QED) is 0.655. The van der Waals surface area contributed by atoms with Gasteiger partial charge in [-0.15, -0.1) is 0 Å². The Morgan fingerprint density at radius 3 is 2.77 bits per heavy atom. The summed E-state index contributed by atoms with van der Waals surface area (Å²) in [5, 5.41) is 3.39. The average molecular weight is 178 g/mol. The number of nitrogens with zero attached hydrogens (tertiary/aromatic N) is 1. The van der Waals surface area contributed by atoms with Crippen molar-refractivity contribution in [3.8, 4) is 0 Å². The Bertz CT molecular complexity index is 234. The van der Waals surface area contributed by atoms with Crippen molar-refractivity contribution in [2.75, 3.05) is 26.2 Å². The zero-order chi connectivity index (χ0) is 9.10. The van der Waals surface area contributed by atoms with E-state index in [1.54, 1.807) is 5.70 Å². The summed E-state index contributed by atoms with van der Waals surface area (Å²) < 4.78 is 0. The van der Waals surface area contributed by atoms with E-state index in [0.29, 0.717) is 0 Å². The second-order valence-corrected chi connectivity index (χ2v) is 3.81. The third kappa shape index (κ3) is 1.94. The third-order valence-electron chi connectivity index (χ3n) is 2.87. The maximum absolute atomic E-state index is 3.39. The minimum Gasteiger partial charge on any atom is -0.372 e. The van der Waals surface area contributed by atoms with Crippen LogP contribution in [0, 0.1) is 0 Å². The highest BCUT2D eigenvalue weighted by atomic mass is 15.2. The SMILES string of the molecule is CC1=C(N2CCNCC2)CCC=C1. The molecule has 0 aromatic heterocycles. The first-order valence-electron chi connectivity index (χ1n) is 5.20. The number of piperazine rings is 1. The number of hydrogen-bond donors (Lipinski definition) is 1. The molecular formula is C11H18N2. The highest BCUT2D eigenvalue weighted by molar-refractivity contribution is 5.27. The lowest BCUT2D eigenvalue weighted by Crippen LogP contribution is -2.43. The molecule has 0 saturated carbocycles. The van der Waals surface area contributed by atoms with Gasteiger partial charge in [-0.25, -0.2) is 0 Å². The summed E-state index contributed by atoms with van der Waals surface area (Å²) >= 11 is 0. The van der Waals surface area contributed by atoms with Crippen LogP contribution in [0.4, 0.5) is 0 Å². The van der Waals surface area contributed by atoms with Gasteiger partial charge >= 0.3 is 0 Å². The molecule has 0 bridgehead atoms. The van der Waals surface area contributed by atoms with Gasteiger partial charge in [-0.3, -0.25) is 0 Å². The van der Waals surface area contributed by atoms with Crippen molar-refractivity contribution in [2.24, 2.45) is 0 Å². The molecule has 0 radical (unpaired) electrons. The van der Waals surface area contributed by atoms with Gasteiger partial charge in [-0.05, 0) is 25.3 Å². The smallest absolute Gasteiger partial charge is 0.0300 e. The first kappa shape index (κ1) is 8.82. The van der Waals surface area contributed by atoms with Crippen molar-refractivity contribution < 1.29 is 0 Å². The molecule has 72 valence electrons. The Labute approximate surface area is 80.3 Å². The zero-order valence-electron chi connectivity index (χ0n) is 8.34. The van der Waals surface area contributed by atoms with E-state index >= 15 is 0 Å². The van der Waals surface area contributed by atoms with Crippen molar-refractivity contribution in [3.63, 3.8) is 0 Å². The van der Waals surface area contributed by atoms with Crippen molar-refractivity contribution in [3.05, 3.63) is 23.4 Å². The van der Waals surface area contributed by atoms with Gasteiger partial charge in [0.05, 0.1) is 0 Å². The van der Waals surface area contributed by atoms with Gasteiger partial charge in [-0.1, -0.05) is 12.2 Å². The molecule has 0 aromatic carbocycles. The van der Waals surface area contributed by atoms with Crippen molar-refractivity contribution in [2.45, 2.75) is 19.8 Å². The summed E-state index contributed by atoms with van der Waals surface area (Å²) in [4.78, 5) is 2.54. The minimum absolute atomic E-state index is 1.14. The standard InChI is InChI=1S/C11H18N2/c1-10-4-2-3-5-11(10)13-8-6-12-7-9-13/h2,4,12H,3,5-9H2,1H3. The predicted octanol–water partition coefficient (Wildman–Crippen LogP) is 1.52. The Hall–Kier alpha value is -0.760. The molecule has 13 heavy (non-hydrogen) atoms. The molecule has 1 aliphatic heterocycles. The lowest BCUT2D eigenvalue weighted by molar-refractivity contribution is 0.287. The summed E-state index contributed by atoms with van der Waals surface area (Å²) in [6.45, 7) is 6.87. The summed E-state index contributed by atoms with van der Waals surface area (Å²) in [6, 6.07) is 0. The molecule has 0 aromatic rings. The summed E-state index contributed by atoms with van der Waals surface area (Å²) in [5.41, 5.74) is 3.04. The lowest BCUT2D eigenvalue weighted by Gasteiger charge is -2.33. The van der Waals surface area contributed by atoms with Crippen LogP contribution < -0.4 is 5.32 Å². The molecule has 1 aliphatic carbocycles. The van der Waals surface area contributed by atoms with Crippen molar-refractivity contribution in [1.29, 1.82) is 0 Å². The van der Waals surface area contributed by atoms with Gasteiger partial charge in [0.2, 0.25) is 0 Å². The van der Waals surface area contributed by atoms with Crippen LogP contribution in [0.2, 0.25) is 0 Å². The molecule has 0 spiro atoms. The average Bonchev–Trinajstić information content (AvgIpc) is 2.20. The van der Waals surface area contributed by atoms with Crippen LogP contribution in [0.15, 0.2) is 23.4 Å². The van der Waals surface area contributed by atoms with Gasteiger partial charge < -0.3 is 10.2 Å². The van der Waals surface area contributed by atoms with E-state index in [-0.39, 0.29) is 0 Å². The molecule has 2 heteroatoms. The van der Waals surface area contributed by atoms with Gasteiger partial charge in [0.1, 0.15) is 0 Å². The fraction of sp³-hybridized carbons (Fsp3) is 0.636. The lowest BCUT2D eigenvalue weighted by atomic mass is 10.0. The minimum atomic E-state index is 1.14. The highest BCUT2D eigenvalue weighted by Gasteiger charge is 2.15.